The van der Waals surface area contributed by atoms with Crippen molar-refractivity contribution in [2.75, 3.05) is 13.1 Å². The topological polar surface area (TPSA) is 24.4 Å². The van der Waals surface area contributed by atoms with Crippen LogP contribution >= 0.6 is 0 Å². The molecule has 6 heavy (non-hydrogen) atoms. The molecule has 1 N–H and O–H groups in total. The molecule has 0 aromatic heterocycles. The fourth-order valence-electron chi connectivity index (χ4n) is 0.392. The number of nitrogens with zero attached hydrogens (tertiary/aromatic N) is 1. The second-order valence-corrected chi connectivity index (χ2v) is 1.16. The monoisotopic (exact) mass is 83.1 g/mol. The molecule has 33 valence electrons. The standard InChI is InChI=1S/C4H7N2/c1-2-6-4-3-5-1/h1,4-5H,2-3H2. The van der Waals surface area contributed by atoms with Gasteiger partial charge in [0.15, 0.2) is 0 Å². The van der Waals surface area contributed by atoms with Crippen molar-refractivity contribution in [1.29, 1.82) is 0 Å². The van der Waals surface area contributed by atoms with Crippen LogP contribution in [0.15, 0.2) is 4.99 Å². The molecule has 0 saturated heterocycles. The maximum absolute atomic E-state index is 3.93. The van der Waals surface area contributed by atoms with Crippen molar-refractivity contribution >= 4 is 6.21 Å². The highest BCUT2D eigenvalue weighted by Crippen LogP contribution is 1.76. The molecule has 1 aliphatic heterocycles. The van der Waals surface area contributed by atoms with Gasteiger partial charge in [-0.1, -0.05) is 0 Å². The number of hydrogen-bond acceptors (Lipinski definition) is 2. The van der Waals surface area contributed by atoms with E-state index in [-0.39, 0.29) is 0 Å². The summed E-state index contributed by atoms with van der Waals surface area (Å²) in [5, 5.41) is 3.01. The van der Waals surface area contributed by atoms with Gasteiger partial charge in [-0.25, -0.2) is 0 Å². The van der Waals surface area contributed by atoms with E-state index < -0.39 is 0 Å². The van der Waals surface area contributed by atoms with Crippen LogP contribution in [0.25, 0.3) is 0 Å². The summed E-state index contributed by atoms with van der Waals surface area (Å²) in [5.74, 6) is 0. The highest BCUT2D eigenvalue weighted by atomic mass is 14.9. The zero-order chi connectivity index (χ0) is 4.24. The summed E-state index contributed by atoms with van der Waals surface area (Å²) in [5.41, 5.74) is 0. The summed E-state index contributed by atoms with van der Waals surface area (Å²) in [7, 11) is 0. The molecule has 1 heterocycles. The van der Waals surface area contributed by atoms with Crippen LogP contribution in [0.5, 0.6) is 0 Å². The second kappa shape index (κ2) is 1.92. The van der Waals surface area contributed by atoms with Crippen LogP contribution < -0.4 is 5.32 Å². The first-order valence-electron chi connectivity index (χ1n) is 2.03. The lowest BCUT2D eigenvalue weighted by Gasteiger charge is -2.00. The van der Waals surface area contributed by atoms with Crippen molar-refractivity contribution in [2.45, 2.75) is 0 Å². The Kier molecular flexibility index (Phi) is 1.22. The Bertz CT molecular complexity index is 50.6. The molecule has 2 heteroatoms. The summed E-state index contributed by atoms with van der Waals surface area (Å²) >= 11 is 0. The maximum Gasteiger partial charge on any atom is 0.0555 e. The first-order chi connectivity index (χ1) is 3.00. The Morgan fingerprint density at radius 1 is 1.67 bits per heavy atom. The number of hydrogen-bond donors (Lipinski definition) is 1. The summed E-state index contributed by atoms with van der Waals surface area (Å²) < 4.78 is 0. The third-order valence-electron chi connectivity index (χ3n) is 0.679. The molecule has 0 spiro atoms. The van der Waals surface area contributed by atoms with Gasteiger partial charge >= 0.3 is 0 Å². The third kappa shape index (κ3) is 0.792. The van der Waals surface area contributed by atoms with Gasteiger partial charge in [0, 0.05) is 19.3 Å². The lowest BCUT2D eigenvalue weighted by molar-refractivity contribution is 0.848. The molecule has 1 rings (SSSR count). The normalized spacial score (nSPS) is 21.3. The minimum absolute atomic E-state index is 0.833. The van der Waals surface area contributed by atoms with Crippen molar-refractivity contribution in [3.63, 3.8) is 0 Å². The molecule has 0 aliphatic carbocycles. The van der Waals surface area contributed by atoms with Crippen LogP contribution in [0.2, 0.25) is 0 Å². The predicted octanol–water partition coefficient (Wildman–Crippen LogP) is -0.178. The van der Waals surface area contributed by atoms with Gasteiger partial charge in [-0.15, -0.1) is 0 Å². The molecule has 0 saturated carbocycles. The molecule has 0 bridgehead atoms. The highest BCUT2D eigenvalue weighted by molar-refractivity contribution is 5.60. The molecule has 0 aromatic rings. The lowest BCUT2D eigenvalue weighted by atomic mass is 10.5. The largest absolute Gasteiger partial charge is 0.306 e. The first kappa shape index (κ1) is 3.81. The molecule has 2 nitrogen and oxygen atoms in total. The average Bonchev–Trinajstić information content (AvgIpc) is 1.72. The molecule has 1 radical (unpaired) electrons. The van der Waals surface area contributed by atoms with Gasteiger partial charge < -0.3 is 5.32 Å². The van der Waals surface area contributed by atoms with E-state index in [1.165, 1.54) is 0 Å². The Labute approximate surface area is 37.3 Å². The SMILES string of the molecule is [CH]1CN=CCN1. The fourth-order valence-corrected chi connectivity index (χ4v) is 0.392. The summed E-state index contributed by atoms with van der Waals surface area (Å²) in [4.78, 5) is 3.93. The van der Waals surface area contributed by atoms with Crippen molar-refractivity contribution in [2.24, 2.45) is 4.99 Å². The number of aliphatic imine (C=N–C) groups is 1. The van der Waals surface area contributed by atoms with Gasteiger partial charge in [-0.3, -0.25) is 4.99 Å². The molecule has 0 unspecified atom stereocenters. The lowest BCUT2D eigenvalue weighted by Crippen LogP contribution is -2.18. The quantitative estimate of drug-likeness (QED) is 0.431. The van der Waals surface area contributed by atoms with E-state index in [0.717, 1.165) is 13.1 Å². The van der Waals surface area contributed by atoms with E-state index in [2.05, 4.69) is 10.3 Å². The van der Waals surface area contributed by atoms with Gasteiger partial charge in [-0.2, -0.15) is 0 Å². The highest BCUT2D eigenvalue weighted by Gasteiger charge is 1.86. The van der Waals surface area contributed by atoms with Crippen LogP contribution in [-0.4, -0.2) is 19.3 Å². The Morgan fingerprint density at radius 2 is 2.67 bits per heavy atom. The van der Waals surface area contributed by atoms with Crippen LogP contribution in [0, 0.1) is 6.54 Å². The molecule has 0 amide bonds. The van der Waals surface area contributed by atoms with Gasteiger partial charge in [0.1, 0.15) is 0 Å². The van der Waals surface area contributed by atoms with Crippen LogP contribution in [-0.2, 0) is 0 Å². The van der Waals surface area contributed by atoms with E-state index in [0.29, 0.717) is 0 Å². The second-order valence-electron chi connectivity index (χ2n) is 1.16. The van der Waals surface area contributed by atoms with Gasteiger partial charge in [0.2, 0.25) is 0 Å². The van der Waals surface area contributed by atoms with Crippen LogP contribution in [0.4, 0.5) is 0 Å². The molecular weight excluding hydrogens is 76.1 g/mol. The van der Waals surface area contributed by atoms with E-state index in [1.54, 1.807) is 0 Å². The van der Waals surface area contributed by atoms with E-state index in [1.807, 2.05) is 12.8 Å². The Morgan fingerprint density at radius 3 is 2.83 bits per heavy atom. The average molecular weight is 83.1 g/mol. The predicted molar refractivity (Wildman–Crippen MR) is 25.7 cm³/mol. The fraction of sp³-hybridized carbons (Fsp3) is 0.500. The molecule has 0 atom stereocenters. The van der Waals surface area contributed by atoms with Gasteiger partial charge in [0.05, 0.1) is 6.54 Å². The number of rotatable bonds is 0. The van der Waals surface area contributed by atoms with Crippen molar-refractivity contribution in [3.05, 3.63) is 6.54 Å². The van der Waals surface area contributed by atoms with E-state index in [9.17, 15) is 0 Å². The van der Waals surface area contributed by atoms with Gasteiger partial charge in [0.25, 0.3) is 0 Å². The van der Waals surface area contributed by atoms with Crippen molar-refractivity contribution in [3.8, 4) is 0 Å². The number of nitrogens with one attached hydrogen (secondary N) is 1. The Balaban J connectivity index is 2.26. The first-order valence-corrected chi connectivity index (χ1v) is 2.03. The molecule has 0 aromatic carbocycles. The molecule has 1 aliphatic rings. The minimum atomic E-state index is 0.833. The molecule has 0 fully saturated rings. The summed E-state index contributed by atoms with van der Waals surface area (Å²) in [6.45, 7) is 3.68. The zero-order valence-corrected chi connectivity index (χ0v) is 3.52. The smallest absolute Gasteiger partial charge is 0.0555 e. The van der Waals surface area contributed by atoms with Crippen LogP contribution in [0.3, 0.4) is 0 Å². The van der Waals surface area contributed by atoms with Gasteiger partial charge in [-0.05, 0) is 0 Å². The van der Waals surface area contributed by atoms with E-state index >= 15 is 0 Å². The van der Waals surface area contributed by atoms with E-state index in [4.69, 9.17) is 0 Å². The van der Waals surface area contributed by atoms with Crippen molar-refractivity contribution in [1.82, 2.24) is 5.32 Å². The molecular formula is C4H7N2. The zero-order valence-electron chi connectivity index (χ0n) is 3.52. The minimum Gasteiger partial charge on any atom is -0.306 e. The van der Waals surface area contributed by atoms with Crippen LogP contribution in [0.1, 0.15) is 0 Å². The third-order valence-corrected chi connectivity index (χ3v) is 0.679. The summed E-state index contributed by atoms with van der Waals surface area (Å²) in [6, 6.07) is 0. The Hall–Kier alpha value is -0.370. The summed E-state index contributed by atoms with van der Waals surface area (Å²) in [6.07, 6.45) is 1.88. The van der Waals surface area contributed by atoms with Crippen molar-refractivity contribution < 1.29 is 0 Å². The maximum atomic E-state index is 3.93.